The summed E-state index contributed by atoms with van der Waals surface area (Å²) in [6.07, 6.45) is 0.717. The molecule has 7 nitrogen and oxygen atoms in total. The van der Waals surface area contributed by atoms with Crippen molar-refractivity contribution in [2.45, 2.75) is 26.4 Å². The third kappa shape index (κ3) is 5.08. The first-order valence-corrected chi connectivity index (χ1v) is 12.0. The van der Waals surface area contributed by atoms with Gasteiger partial charge in [0.2, 0.25) is 0 Å². The quantitative estimate of drug-likeness (QED) is 0.469. The Bertz CT molecular complexity index is 1180. The lowest BCUT2D eigenvalue weighted by Crippen LogP contribution is -2.29. The molecule has 34 heavy (non-hydrogen) atoms. The van der Waals surface area contributed by atoms with Crippen molar-refractivity contribution in [3.8, 4) is 11.5 Å². The third-order valence-corrected chi connectivity index (χ3v) is 6.88. The highest BCUT2D eigenvalue weighted by Crippen LogP contribution is 2.38. The van der Waals surface area contributed by atoms with Crippen molar-refractivity contribution < 1.29 is 23.8 Å². The predicted molar refractivity (Wildman–Crippen MR) is 132 cm³/mol. The van der Waals surface area contributed by atoms with Gasteiger partial charge in [0.05, 0.1) is 32.0 Å². The van der Waals surface area contributed by atoms with E-state index in [-0.39, 0.29) is 12.5 Å². The number of carbonyl (C=O) groups is 2. The Kier molecular flexibility index (Phi) is 7.49. The summed E-state index contributed by atoms with van der Waals surface area (Å²) in [6, 6.07) is 15.3. The molecule has 0 bridgehead atoms. The van der Waals surface area contributed by atoms with Crippen LogP contribution in [0.25, 0.3) is 0 Å². The molecule has 0 spiro atoms. The van der Waals surface area contributed by atoms with Crippen molar-refractivity contribution >= 4 is 28.2 Å². The summed E-state index contributed by atoms with van der Waals surface area (Å²) in [4.78, 5) is 29.5. The SMILES string of the molecule is CCOC(=O)c1c(NC(=O)c2ccc(OC)cc2OC)sc2c1CCN(Cc1ccccc1)C2. The van der Waals surface area contributed by atoms with Crippen LogP contribution in [0, 0.1) is 0 Å². The molecule has 0 aliphatic carbocycles. The van der Waals surface area contributed by atoms with Gasteiger partial charge < -0.3 is 19.5 Å². The zero-order chi connectivity index (χ0) is 24.1. The van der Waals surface area contributed by atoms with Crippen LogP contribution in [0.4, 0.5) is 5.00 Å². The molecule has 1 aliphatic rings. The number of rotatable bonds is 8. The van der Waals surface area contributed by atoms with Crippen LogP contribution in [-0.4, -0.2) is 44.1 Å². The summed E-state index contributed by atoms with van der Waals surface area (Å²) >= 11 is 1.43. The molecule has 0 radical (unpaired) electrons. The summed E-state index contributed by atoms with van der Waals surface area (Å²) in [5.41, 5.74) is 3.02. The van der Waals surface area contributed by atoms with Gasteiger partial charge in [0.15, 0.2) is 0 Å². The second kappa shape index (κ2) is 10.7. The van der Waals surface area contributed by atoms with E-state index in [1.807, 2.05) is 18.2 Å². The van der Waals surface area contributed by atoms with Crippen LogP contribution in [0.15, 0.2) is 48.5 Å². The summed E-state index contributed by atoms with van der Waals surface area (Å²) in [5, 5.41) is 3.45. The minimum Gasteiger partial charge on any atom is -0.497 e. The summed E-state index contributed by atoms with van der Waals surface area (Å²) < 4.78 is 15.9. The molecule has 2 heterocycles. The lowest BCUT2D eigenvalue weighted by Gasteiger charge is -2.27. The van der Waals surface area contributed by atoms with Crippen molar-refractivity contribution in [2.24, 2.45) is 0 Å². The summed E-state index contributed by atoms with van der Waals surface area (Å²) in [7, 11) is 3.05. The van der Waals surface area contributed by atoms with Gasteiger partial charge in [0.1, 0.15) is 16.5 Å². The van der Waals surface area contributed by atoms with Gasteiger partial charge in [-0.25, -0.2) is 4.79 Å². The van der Waals surface area contributed by atoms with E-state index in [0.29, 0.717) is 40.6 Å². The Morgan fingerprint density at radius 2 is 1.88 bits per heavy atom. The van der Waals surface area contributed by atoms with Crippen molar-refractivity contribution in [3.05, 3.63) is 75.7 Å². The number of carbonyl (C=O) groups excluding carboxylic acids is 2. The molecule has 0 unspecified atom stereocenters. The number of esters is 1. The number of anilines is 1. The number of methoxy groups -OCH3 is 2. The smallest absolute Gasteiger partial charge is 0.341 e. The third-order valence-electron chi connectivity index (χ3n) is 5.74. The van der Waals surface area contributed by atoms with Crippen molar-refractivity contribution in [3.63, 3.8) is 0 Å². The standard InChI is InChI=1S/C26H28N2O5S/c1-4-33-26(30)23-20-12-13-28(15-17-8-6-5-7-9-17)16-22(20)34-25(23)27-24(29)19-11-10-18(31-2)14-21(19)32-3/h5-11,14H,4,12-13,15-16H2,1-3H3,(H,27,29). The molecule has 0 saturated heterocycles. The molecule has 178 valence electrons. The van der Waals surface area contributed by atoms with E-state index < -0.39 is 5.97 Å². The molecule has 1 amide bonds. The molecule has 1 aromatic heterocycles. The number of nitrogens with one attached hydrogen (secondary N) is 1. The van der Waals surface area contributed by atoms with Gasteiger partial charge in [0.25, 0.3) is 5.91 Å². The van der Waals surface area contributed by atoms with Gasteiger partial charge in [-0.1, -0.05) is 30.3 Å². The van der Waals surface area contributed by atoms with Crippen LogP contribution in [0.1, 0.15) is 43.6 Å². The Morgan fingerprint density at radius 1 is 1.09 bits per heavy atom. The number of nitrogens with zero attached hydrogens (tertiary/aromatic N) is 1. The average molecular weight is 481 g/mol. The van der Waals surface area contributed by atoms with E-state index in [4.69, 9.17) is 14.2 Å². The molecule has 0 saturated carbocycles. The fraction of sp³-hybridized carbons (Fsp3) is 0.308. The first-order valence-electron chi connectivity index (χ1n) is 11.1. The Hall–Kier alpha value is -3.36. The molecule has 1 N–H and O–H groups in total. The molecule has 8 heteroatoms. The molecule has 3 aromatic rings. The Morgan fingerprint density at radius 3 is 2.59 bits per heavy atom. The second-order valence-corrected chi connectivity index (χ2v) is 9.00. The van der Waals surface area contributed by atoms with Gasteiger partial charge in [0, 0.05) is 30.6 Å². The zero-order valence-electron chi connectivity index (χ0n) is 19.6. The summed E-state index contributed by atoms with van der Waals surface area (Å²) in [6.45, 7) is 4.41. The molecule has 4 rings (SSSR count). The molecule has 1 aliphatic heterocycles. The van der Waals surface area contributed by atoms with E-state index in [0.717, 1.165) is 23.5 Å². The van der Waals surface area contributed by atoms with Gasteiger partial charge in [-0.3, -0.25) is 9.69 Å². The van der Waals surface area contributed by atoms with Crippen LogP contribution in [0.2, 0.25) is 0 Å². The van der Waals surface area contributed by atoms with Crippen molar-refractivity contribution in [2.75, 3.05) is 32.7 Å². The Labute approximate surface area is 203 Å². The number of thiophene rings is 1. The van der Waals surface area contributed by atoms with Crippen LogP contribution in [0.3, 0.4) is 0 Å². The van der Waals surface area contributed by atoms with Crippen molar-refractivity contribution in [1.82, 2.24) is 4.90 Å². The van der Waals surface area contributed by atoms with Gasteiger partial charge in [-0.05, 0) is 36.6 Å². The van der Waals surface area contributed by atoms with Crippen molar-refractivity contribution in [1.29, 1.82) is 0 Å². The number of benzene rings is 2. The average Bonchev–Trinajstić information content (AvgIpc) is 3.21. The van der Waals surface area contributed by atoms with E-state index >= 15 is 0 Å². The number of hydrogen-bond donors (Lipinski definition) is 1. The van der Waals surface area contributed by atoms with Gasteiger partial charge >= 0.3 is 5.97 Å². The van der Waals surface area contributed by atoms with Crippen LogP contribution in [-0.2, 0) is 24.2 Å². The van der Waals surface area contributed by atoms with E-state index in [1.165, 1.54) is 24.0 Å². The first-order chi connectivity index (χ1) is 16.5. The fourth-order valence-electron chi connectivity index (χ4n) is 4.10. The lowest BCUT2D eigenvalue weighted by molar-refractivity contribution is 0.0526. The van der Waals surface area contributed by atoms with Gasteiger partial charge in [-0.15, -0.1) is 11.3 Å². The maximum atomic E-state index is 13.2. The molecular weight excluding hydrogens is 452 g/mol. The predicted octanol–water partition coefficient (Wildman–Crippen LogP) is 4.75. The maximum absolute atomic E-state index is 13.2. The highest BCUT2D eigenvalue weighted by molar-refractivity contribution is 7.17. The minimum atomic E-state index is -0.409. The fourth-order valence-corrected chi connectivity index (χ4v) is 5.37. The number of ether oxygens (including phenoxy) is 3. The number of fused-ring (bicyclic) bond motifs is 1. The molecule has 0 fully saturated rings. The maximum Gasteiger partial charge on any atom is 0.341 e. The van der Waals surface area contributed by atoms with Gasteiger partial charge in [-0.2, -0.15) is 0 Å². The number of hydrogen-bond acceptors (Lipinski definition) is 7. The zero-order valence-corrected chi connectivity index (χ0v) is 20.4. The first kappa shape index (κ1) is 23.8. The summed E-state index contributed by atoms with van der Waals surface area (Å²) in [5.74, 6) is 0.217. The molecular formula is C26H28N2O5S. The topological polar surface area (TPSA) is 77.1 Å². The van der Waals surface area contributed by atoms with E-state index in [2.05, 4.69) is 22.3 Å². The normalized spacial score (nSPS) is 13.1. The van der Waals surface area contributed by atoms with E-state index in [1.54, 1.807) is 32.2 Å². The monoisotopic (exact) mass is 480 g/mol. The number of amides is 1. The minimum absolute atomic E-state index is 0.267. The largest absolute Gasteiger partial charge is 0.497 e. The van der Waals surface area contributed by atoms with Crippen LogP contribution < -0.4 is 14.8 Å². The van der Waals surface area contributed by atoms with E-state index in [9.17, 15) is 9.59 Å². The highest BCUT2D eigenvalue weighted by atomic mass is 32.1. The molecule has 0 atom stereocenters. The molecule has 2 aromatic carbocycles. The highest BCUT2D eigenvalue weighted by Gasteiger charge is 2.30. The lowest BCUT2D eigenvalue weighted by atomic mass is 10.0. The second-order valence-electron chi connectivity index (χ2n) is 7.89. The Balaban J connectivity index is 1.61. The van der Waals surface area contributed by atoms with Crippen LogP contribution in [0.5, 0.6) is 11.5 Å². The van der Waals surface area contributed by atoms with Crippen LogP contribution >= 0.6 is 11.3 Å².